The van der Waals surface area contributed by atoms with Gasteiger partial charge in [-0.3, -0.25) is 4.98 Å². The Bertz CT molecular complexity index is 369. The molecule has 0 amide bonds. The molecule has 1 aromatic heterocycles. The lowest BCUT2D eigenvalue weighted by atomic mass is 9.74. The summed E-state index contributed by atoms with van der Waals surface area (Å²) in [7, 11) is 2.10. The average Bonchev–Trinajstić information content (AvgIpc) is 2.88. The van der Waals surface area contributed by atoms with Crippen molar-refractivity contribution in [2.45, 2.75) is 51.5 Å². The molecule has 1 saturated carbocycles. The Morgan fingerprint density at radius 3 is 2.61 bits per heavy atom. The summed E-state index contributed by atoms with van der Waals surface area (Å²) >= 11 is 3.44. The maximum Gasteiger partial charge on any atom is 0.0420 e. The fourth-order valence-corrected chi connectivity index (χ4v) is 3.62. The van der Waals surface area contributed by atoms with E-state index < -0.39 is 0 Å². The number of likely N-dealkylation sites (N-methyl/N-ethyl adjacent to an activating group) is 1. The third-order valence-corrected chi connectivity index (χ3v) is 5.06. The van der Waals surface area contributed by atoms with E-state index in [0.717, 1.165) is 10.9 Å². The number of aromatic nitrogens is 1. The van der Waals surface area contributed by atoms with E-state index in [1.807, 2.05) is 6.20 Å². The summed E-state index contributed by atoms with van der Waals surface area (Å²) in [5.74, 6) is 0. The second-order valence-corrected chi connectivity index (χ2v) is 6.35. The summed E-state index contributed by atoms with van der Waals surface area (Å²) in [5.41, 5.74) is 1.68. The molecule has 1 unspecified atom stereocenters. The Morgan fingerprint density at radius 2 is 2.11 bits per heavy atom. The number of halogens is 1. The molecule has 1 atom stereocenters. The van der Waals surface area contributed by atoms with Crippen LogP contribution >= 0.6 is 15.9 Å². The lowest BCUT2D eigenvalue weighted by Gasteiger charge is -2.36. The highest BCUT2D eigenvalue weighted by Crippen LogP contribution is 2.44. The van der Waals surface area contributed by atoms with Gasteiger partial charge in [-0.1, -0.05) is 19.8 Å². The Kier molecular flexibility index (Phi) is 4.79. The molecular formula is C15H23BrN2. The van der Waals surface area contributed by atoms with Crippen LogP contribution in [0, 0.1) is 5.41 Å². The normalized spacial score (nSPS) is 19.9. The van der Waals surface area contributed by atoms with Crippen molar-refractivity contribution in [3.8, 4) is 0 Å². The number of pyridine rings is 1. The van der Waals surface area contributed by atoms with Crippen molar-refractivity contribution >= 4 is 15.9 Å². The number of rotatable bonds is 5. The smallest absolute Gasteiger partial charge is 0.0420 e. The Morgan fingerprint density at radius 1 is 1.39 bits per heavy atom. The van der Waals surface area contributed by atoms with Gasteiger partial charge in [0.1, 0.15) is 0 Å². The Balaban J connectivity index is 2.11. The fraction of sp³-hybridized carbons (Fsp3) is 0.667. The van der Waals surface area contributed by atoms with Crippen LogP contribution in [0.1, 0.15) is 44.7 Å². The molecule has 1 N–H and O–H groups in total. The van der Waals surface area contributed by atoms with E-state index in [0.29, 0.717) is 11.5 Å². The highest BCUT2D eigenvalue weighted by molar-refractivity contribution is 9.10. The molecule has 2 nitrogen and oxygen atoms in total. The van der Waals surface area contributed by atoms with Gasteiger partial charge in [-0.2, -0.15) is 0 Å². The van der Waals surface area contributed by atoms with E-state index in [2.05, 4.69) is 52.3 Å². The van der Waals surface area contributed by atoms with Gasteiger partial charge >= 0.3 is 0 Å². The molecule has 0 aromatic carbocycles. The van der Waals surface area contributed by atoms with Crippen molar-refractivity contribution in [1.29, 1.82) is 0 Å². The molecule has 1 aliphatic carbocycles. The Hall–Kier alpha value is -0.410. The molecule has 3 heteroatoms. The van der Waals surface area contributed by atoms with Gasteiger partial charge in [0.25, 0.3) is 0 Å². The first-order valence-corrected chi connectivity index (χ1v) is 7.77. The first kappa shape index (κ1) is 14.0. The zero-order valence-corrected chi connectivity index (χ0v) is 13.0. The van der Waals surface area contributed by atoms with Crippen LogP contribution in [0.4, 0.5) is 0 Å². The van der Waals surface area contributed by atoms with Gasteiger partial charge in [-0.15, -0.1) is 0 Å². The number of hydrogen-bond donors (Lipinski definition) is 1. The number of hydrogen-bond acceptors (Lipinski definition) is 2. The van der Waals surface area contributed by atoms with Crippen LogP contribution in [0.15, 0.2) is 22.8 Å². The van der Waals surface area contributed by atoms with E-state index in [1.54, 1.807) is 0 Å². The fourth-order valence-electron chi connectivity index (χ4n) is 3.39. The number of nitrogens with one attached hydrogen (secondary N) is 1. The minimum Gasteiger partial charge on any atom is -0.316 e. The van der Waals surface area contributed by atoms with Crippen LogP contribution < -0.4 is 5.32 Å². The molecule has 1 fully saturated rings. The van der Waals surface area contributed by atoms with Crippen molar-refractivity contribution in [3.63, 3.8) is 0 Å². The molecular weight excluding hydrogens is 288 g/mol. The van der Waals surface area contributed by atoms with Crippen LogP contribution in [0.5, 0.6) is 0 Å². The molecule has 100 valence electrons. The van der Waals surface area contributed by atoms with Gasteiger partial charge in [0.2, 0.25) is 0 Å². The second-order valence-electron chi connectivity index (χ2n) is 5.44. The topological polar surface area (TPSA) is 24.9 Å². The summed E-state index contributed by atoms with van der Waals surface area (Å²) in [6.45, 7) is 2.34. The number of nitrogens with zero attached hydrogens (tertiary/aromatic N) is 1. The standard InChI is InChI=1S/C15H23BrN2/c1-3-15(8-4-5-9-15)14(17-2)10-13-7-6-12(16)11-18-13/h6-7,11,14,17H,3-5,8-10H2,1-2H3. The van der Waals surface area contributed by atoms with E-state index in [-0.39, 0.29) is 0 Å². The highest BCUT2D eigenvalue weighted by Gasteiger charge is 2.38. The van der Waals surface area contributed by atoms with Crippen LogP contribution in [-0.2, 0) is 6.42 Å². The summed E-state index contributed by atoms with van der Waals surface area (Å²) in [6.07, 6.45) is 9.72. The molecule has 0 saturated heterocycles. The summed E-state index contributed by atoms with van der Waals surface area (Å²) in [4.78, 5) is 4.52. The first-order valence-electron chi connectivity index (χ1n) is 6.98. The Labute approximate surface area is 119 Å². The van der Waals surface area contributed by atoms with Crippen molar-refractivity contribution < 1.29 is 0 Å². The van der Waals surface area contributed by atoms with Crippen molar-refractivity contribution in [3.05, 3.63) is 28.5 Å². The summed E-state index contributed by atoms with van der Waals surface area (Å²) in [6, 6.07) is 4.77. The largest absolute Gasteiger partial charge is 0.316 e. The van der Waals surface area contributed by atoms with Gasteiger partial charge in [0.15, 0.2) is 0 Å². The summed E-state index contributed by atoms with van der Waals surface area (Å²) in [5, 5.41) is 3.55. The zero-order valence-electron chi connectivity index (χ0n) is 11.4. The predicted octanol–water partition coefficient (Wildman–Crippen LogP) is 3.95. The SMILES string of the molecule is CCC1(C(Cc2ccc(Br)cn2)NC)CCCC1. The van der Waals surface area contributed by atoms with Crippen molar-refractivity contribution in [1.82, 2.24) is 10.3 Å². The lowest BCUT2D eigenvalue weighted by molar-refractivity contribution is 0.191. The zero-order chi connectivity index (χ0) is 13.0. The van der Waals surface area contributed by atoms with Gasteiger partial charge in [0.05, 0.1) is 0 Å². The van der Waals surface area contributed by atoms with Crippen LogP contribution in [0.3, 0.4) is 0 Å². The van der Waals surface area contributed by atoms with Gasteiger partial charge in [-0.05, 0) is 59.8 Å². The molecule has 0 bridgehead atoms. The van der Waals surface area contributed by atoms with Crippen LogP contribution in [0.2, 0.25) is 0 Å². The van der Waals surface area contributed by atoms with Gasteiger partial charge < -0.3 is 5.32 Å². The molecule has 18 heavy (non-hydrogen) atoms. The molecule has 1 heterocycles. The highest BCUT2D eigenvalue weighted by atomic mass is 79.9. The molecule has 0 radical (unpaired) electrons. The molecule has 0 spiro atoms. The lowest BCUT2D eigenvalue weighted by Crippen LogP contribution is -2.43. The van der Waals surface area contributed by atoms with E-state index in [4.69, 9.17) is 0 Å². The quantitative estimate of drug-likeness (QED) is 0.891. The van der Waals surface area contributed by atoms with Crippen LogP contribution in [0.25, 0.3) is 0 Å². The minimum absolute atomic E-state index is 0.490. The monoisotopic (exact) mass is 310 g/mol. The van der Waals surface area contributed by atoms with E-state index in [9.17, 15) is 0 Å². The van der Waals surface area contributed by atoms with Gasteiger partial charge in [-0.25, -0.2) is 0 Å². The maximum atomic E-state index is 4.52. The maximum absolute atomic E-state index is 4.52. The third kappa shape index (κ3) is 2.94. The van der Waals surface area contributed by atoms with Crippen molar-refractivity contribution in [2.24, 2.45) is 5.41 Å². The average molecular weight is 311 g/mol. The summed E-state index contributed by atoms with van der Waals surface area (Å²) < 4.78 is 1.05. The van der Waals surface area contributed by atoms with Crippen LogP contribution in [-0.4, -0.2) is 18.1 Å². The van der Waals surface area contributed by atoms with E-state index in [1.165, 1.54) is 37.8 Å². The third-order valence-electron chi connectivity index (χ3n) is 4.59. The van der Waals surface area contributed by atoms with Gasteiger partial charge in [0, 0.05) is 28.8 Å². The van der Waals surface area contributed by atoms with E-state index >= 15 is 0 Å². The molecule has 1 aromatic rings. The predicted molar refractivity (Wildman–Crippen MR) is 79.7 cm³/mol. The minimum atomic E-state index is 0.490. The molecule has 1 aliphatic rings. The molecule has 2 rings (SSSR count). The molecule has 0 aliphatic heterocycles. The second kappa shape index (κ2) is 6.16. The first-order chi connectivity index (χ1) is 8.70. The van der Waals surface area contributed by atoms with Crippen molar-refractivity contribution in [2.75, 3.05) is 7.05 Å².